The van der Waals surface area contributed by atoms with Gasteiger partial charge in [0.15, 0.2) is 5.65 Å². The summed E-state index contributed by atoms with van der Waals surface area (Å²) in [6.45, 7) is 2.55. The van der Waals surface area contributed by atoms with E-state index in [1.807, 2.05) is 22.9 Å². The Balaban J connectivity index is 1.59. The normalized spacial score (nSPS) is 18.6. The summed E-state index contributed by atoms with van der Waals surface area (Å²) >= 11 is 0. The number of benzene rings is 2. The van der Waals surface area contributed by atoms with E-state index in [-0.39, 0.29) is 17.3 Å². The van der Waals surface area contributed by atoms with E-state index in [1.165, 1.54) is 4.57 Å². The Morgan fingerprint density at radius 1 is 1.06 bits per heavy atom. The molecule has 2 aliphatic rings. The lowest BCUT2D eigenvalue weighted by Crippen LogP contribution is -2.39. The van der Waals surface area contributed by atoms with Crippen molar-refractivity contribution in [3.05, 3.63) is 68.9 Å². The van der Waals surface area contributed by atoms with Gasteiger partial charge in [0.2, 0.25) is 0 Å². The summed E-state index contributed by atoms with van der Waals surface area (Å²) in [5.74, 6) is 1.26. The van der Waals surface area contributed by atoms with Gasteiger partial charge in [0.25, 0.3) is 5.56 Å². The van der Waals surface area contributed by atoms with Gasteiger partial charge >= 0.3 is 5.69 Å². The van der Waals surface area contributed by atoms with Crippen LogP contribution < -0.4 is 21.9 Å². The molecular weight excluding hydrogens is 416 g/mol. The molecule has 2 aromatic carbocycles. The van der Waals surface area contributed by atoms with Crippen LogP contribution in [0, 0.1) is 5.92 Å². The highest BCUT2D eigenvalue weighted by Crippen LogP contribution is 2.33. The summed E-state index contributed by atoms with van der Waals surface area (Å²) in [4.78, 5) is 28.6. The van der Waals surface area contributed by atoms with Crippen molar-refractivity contribution in [3.8, 4) is 0 Å². The molecule has 3 heterocycles. The average Bonchev–Trinajstić information content (AvgIpc) is 3.42. The van der Waals surface area contributed by atoms with E-state index < -0.39 is 0 Å². The topological polar surface area (TPSA) is 91.1 Å². The van der Waals surface area contributed by atoms with Crippen molar-refractivity contribution in [2.75, 3.05) is 18.0 Å². The zero-order valence-electron chi connectivity index (χ0n) is 18.8. The van der Waals surface area contributed by atoms with E-state index in [1.54, 1.807) is 11.6 Å². The van der Waals surface area contributed by atoms with E-state index in [4.69, 9.17) is 10.8 Å². The van der Waals surface area contributed by atoms with Gasteiger partial charge in [-0.15, -0.1) is 0 Å². The lowest BCUT2D eigenvalue weighted by molar-refractivity contribution is 0.571. The lowest BCUT2D eigenvalue weighted by Gasteiger charge is -2.20. The Morgan fingerprint density at radius 2 is 1.85 bits per heavy atom. The van der Waals surface area contributed by atoms with Gasteiger partial charge < -0.3 is 10.6 Å². The standard InChI is InChI=1S/C25H28N6O2/c1-28-24(32)21-22(30(25(28)33)13-16-9-10-16)27-31(23(21)29-12-11-19(26)15-29)14-18-7-4-6-17-5-2-3-8-20(17)18/h2-8,16,19H,9-15,26H2,1H3/t19-/m1/s1. The first-order chi connectivity index (χ1) is 16.0. The summed E-state index contributed by atoms with van der Waals surface area (Å²) in [6, 6.07) is 14.6. The van der Waals surface area contributed by atoms with Crippen molar-refractivity contribution in [1.82, 2.24) is 18.9 Å². The zero-order valence-corrected chi connectivity index (χ0v) is 18.8. The molecule has 8 nitrogen and oxygen atoms in total. The molecular formula is C25H28N6O2. The van der Waals surface area contributed by atoms with Gasteiger partial charge in [0.1, 0.15) is 11.2 Å². The monoisotopic (exact) mass is 444 g/mol. The molecule has 33 heavy (non-hydrogen) atoms. The zero-order chi connectivity index (χ0) is 22.7. The maximum atomic E-state index is 13.4. The number of fused-ring (bicyclic) bond motifs is 2. The highest BCUT2D eigenvalue weighted by atomic mass is 16.2. The molecule has 1 saturated heterocycles. The Bertz CT molecular complexity index is 1490. The number of nitrogens with two attached hydrogens (primary N) is 1. The second kappa shape index (κ2) is 7.59. The van der Waals surface area contributed by atoms with Crippen LogP contribution >= 0.6 is 0 Å². The SMILES string of the molecule is Cn1c(=O)c2c(N3CC[C@@H](N)C3)n(Cc3cccc4ccccc34)nc2n(CC2CC2)c1=O. The number of hydrogen-bond donors (Lipinski definition) is 1. The Labute approximate surface area is 190 Å². The average molecular weight is 445 g/mol. The molecule has 1 atom stereocenters. The molecule has 2 fully saturated rings. The highest BCUT2D eigenvalue weighted by Gasteiger charge is 2.31. The van der Waals surface area contributed by atoms with E-state index in [0.29, 0.717) is 36.6 Å². The number of hydrogen-bond acceptors (Lipinski definition) is 5. The van der Waals surface area contributed by atoms with Crippen LogP contribution in [-0.2, 0) is 20.1 Å². The molecule has 1 aliphatic carbocycles. The Morgan fingerprint density at radius 3 is 2.61 bits per heavy atom. The number of nitrogens with zero attached hydrogens (tertiary/aromatic N) is 5. The molecule has 8 heteroatoms. The molecule has 1 saturated carbocycles. The molecule has 0 radical (unpaired) electrons. The van der Waals surface area contributed by atoms with Gasteiger partial charge in [0.05, 0.1) is 6.54 Å². The molecule has 4 aromatic rings. The Kier molecular flexibility index (Phi) is 4.65. The van der Waals surface area contributed by atoms with E-state index in [0.717, 1.165) is 48.0 Å². The summed E-state index contributed by atoms with van der Waals surface area (Å²) in [6.07, 6.45) is 3.09. The minimum Gasteiger partial charge on any atom is -0.354 e. The summed E-state index contributed by atoms with van der Waals surface area (Å²) in [7, 11) is 1.56. The van der Waals surface area contributed by atoms with Crippen LogP contribution in [0.5, 0.6) is 0 Å². The molecule has 0 spiro atoms. The smallest absolute Gasteiger partial charge is 0.332 e. The van der Waals surface area contributed by atoms with E-state index in [9.17, 15) is 9.59 Å². The number of rotatable bonds is 5. The second-order valence-electron chi connectivity index (χ2n) is 9.51. The summed E-state index contributed by atoms with van der Waals surface area (Å²) in [5.41, 5.74) is 7.27. The lowest BCUT2D eigenvalue weighted by atomic mass is 10.0. The van der Waals surface area contributed by atoms with Gasteiger partial charge in [-0.3, -0.25) is 13.9 Å². The van der Waals surface area contributed by atoms with Crippen LogP contribution in [0.15, 0.2) is 52.1 Å². The van der Waals surface area contributed by atoms with Crippen molar-refractivity contribution in [2.24, 2.45) is 18.7 Å². The predicted octanol–water partition coefficient (Wildman–Crippen LogP) is 2.05. The predicted molar refractivity (Wildman–Crippen MR) is 130 cm³/mol. The van der Waals surface area contributed by atoms with Crippen LogP contribution in [0.2, 0.25) is 0 Å². The molecule has 0 bridgehead atoms. The first kappa shape index (κ1) is 20.2. The van der Waals surface area contributed by atoms with Crippen LogP contribution in [0.1, 0.15) is 24.8 Å². The molecule has 2 aromatic heterocycles. The first-order valence-corrected chi connectivity index (χ1v) is 11.7. The third-order valence-electron chi connectivity index (χ3n) is 7.06. The summed E-state index contributed by atoms with van der Waals surface area (Å²) in [5, 5.41) is 7.76. The fourth-order valence-electron chi connectivity index (χ4n) is 5.07. The fraction of sp³-hybridized carbons (Fsp3) is 0.400. The molecule has 2 N–H and O–H groups in total. The van der Waals surface area contributed by atoms with Crippen molar-refractivity contribution in [2.45, 2.75) is 38.4 Å². The quantitative estimate of drug-likeness (QED) is 0.509. The van der Waals surface area contributed by atoms with E-state index >= 15 is 0 Å². The molecule has 170 valence electrons. The minimum absolute atomic E-state index is 0.0576. The minimum atomic E-state index is -0.293. The first-order valence-electron chi connectivity index (χ1n) is 11.7. The van der Waals surface area contributed by atoms with Gasteiger partial charge in [-0.05, 0) is 41.5 Å². The van der Waals surface area contributed by atoms with Crippen LogP contribution in [-0.4, -0.2) is 38.0 Å². The van der Waals surface area contributed by atoms with Crippen molar-refractivity contribution < 1.29 is 0 Å². The van der Waals surface area contributed by atoms with Gasteiger partial charge in [-0.1, -0.05) is 42.5 Å². The van der Waals surface area contributed by atoms with Crippen LogP contribution in [0.3, 0.4) is 0 Å². The summed E-state index contributed by atoms with van der Waals surface area (Å²) < 4.78 is 4.84. The molecule has 6 rings (SSSR count). The number of anilines is 1. The molecule has 1 aliphatic heterocycles. The maximum Gasteiger partial charge on any atom is 0.332 e. The Hall–Kier alpha value is -3.39. The van der Waals surface area contributed by atoms with Crippen LogP contribution in [0.25, 0.3) is 21.8 Å². The largest absolute Gasteiger partial charge is 0.354 e. The number of aromatic nitrogens is 4. The van der Waals surface area contributed by atoms with Crippen molar-refractivity contribution >= 4 is 27.6 Å². The highest BCUT2D eigenvalue weighted by molar-refractivity contribution is 5.89. The third-order valence-corrected chi connectivity index (χ3v) is 7.06. The van der Waals surface area contributed by atoms with Crippen LogP contribution in [0.4, 0.5) is 5.82 Å². The third kappa shape index (κ3) is 3.36. The maximum absolute atomic E-state index is 13.4. The van der Waals surface area contributed by atoms with Crippen molar-refractivity contribution in [3.63, 3.8) is 0 Å². The van der Waals surface area contributed by atoms with Gasteiger partial charge in [0, 0.05) is 32.7 Å². The van der Waals surface area contributed by atoms with Crippen molar-refractivity contribution in [1.29, 1.82) is 0 Å². The molecule has 0 amide bonds. The van der Waals surface area contributed by atoms with Gasteiger partial charge in [-0.25, -0.2) is 9.48 Å². The molecule has 0 unspecified atom stereocenters. The fourth-order valence-corrected chi connectivity index (χ4v) is 5.07. The van der Waals surface area contributed by atoms with E-state index in [2.05, 4.69) is 29.2 Å². The van der Waals surface area contributed by atoms with Gasteiger partial charge in [-0.2, -0.15) is 5.10 Å². The second-order valence-corrected chi connectivity index (χ2v) is 9.51.